The van der Waals surface area contributed by atoms with Crippen LogP contribution in [-0.2, 0) is 0 Å². The van der Waals surface area contributed by atoms with Crippen molar-refractivity contribution >= 4 is 87.7 Å². The Morgan fingerprint density at radius 3 is 2.07 bits per heavy atom. The molecule has 4 heterocycles. The molecule has 0 N–H and O–H groups in total. The van der Waals surface area contributed by atoms with Crippen LogP contribution in [0.1, 0.15) is 36.1 Å². The summed E-state index contributed by atoms with van der Waals surface area (Å²) in [4.78, 5) is 5.87. The lowest BCUT2D eigenvalue weighted by Gasteiger charge is -2.23. The fraction of sp³-hybridized carbons (Fsp3) is 0.0755. The van der Waals surface area contributed by atoms with E-state index in [0.29, 0.717) is 6.42 Å². The van der Waals surface area contributed by atoms with E-state index < -0.39 is 0 Å². The first-order valence-corrected chi connectivity index (χ1v) is 19.8. The number of benzene rings is 8. The molecule has 4 nitrogen and oxygen atoms in total. The lowest BCUT2D eigenvalue weighted by molar-refractivity contribution is 0.574. The fourth-order valence-electron chi connectivity index (χ4n) is 9.56. The first kappa shape index (κ1) is 32.1. The van der Waals surface area contributed by atoms with Crippen molar-refractivity contribution in [3.63, 3.8) is 0 Å². The summed E-state index contributed by atoms with van der Waals surface area (Å²) in [6.07, 6.45) is 3.07. The number of aliphatic imine (C=N–C) groups is 1. The maximum atomic E-state index is 6.76. The molecule has 2 atom stereocenters. The van der Waals surface area contributed by atoms with Crippen LogP contribution < -0.4 is 0 Å². The smallest absolute Gasteiger partial charge is 0.140 e. The van der Waals surface area contributed by atoms with Gasteiger partial charge < -0.3 is 13.4 Å². The van der Waals surface area contributed by atoms with Crippen LogP contribution in [0.3, 0.4) is 0 Å². The van der Waals surface area contributed by atoms with Gasteiger partial charge in [-0.05, 0) is 58.3 Å². The number of fused-ring (bicyclic) bond motifs is 10. The molecule has 57 heavy (non-hydrogen) atoms. The molecule has 11 aromatic rings. The molecule has 0 spiro atoms. The van der Waals surface area contributed by atoms with Gasteiger partial charge in [0, 0.05) is 67.6 Å². The second-order valence-electron chi connectivity index (χ2n) is 15.4. The van der Waals surface area contributed by atoms with Crippen LogP contribution in [0.2, 0.25) is 0 Å². The molecular formula is C53H36N2O2. The Hall–Kier alpha value is -7.17. The Morgan fingerprint density at radius 2 is 1.23 bits per heavy atom. The largest absolute Gasteiger partial charge is 0.456 e. The number of rotatable bonds is 4. The van der Waals surface area contributed by atoms with Crippen molar-refractivity contribution in [3.05, 3.63) is 193 Å². The summed E-state index contributed by atoms with van der Waals surface area (Å²) < 4.78 is 15.9. The third-order valence-electron chi connectivity index (χ3n) is 12.2. The van der Waals surface area contributed by atoms with Gasteiger partial charge in [0.25, 0.3) is 0 Å². The van der Waals surface area contributed by atoms with Gasteiger partial charge in [-0.1, -0.05) is 140 Å². The van der Waals surface area contributed by atoms with Crippen molar-refractivity contribution in [2.24, 2.45) is 10.9 Å². The molecule has 1 aliphatic rings. The SMILES string of the molecule is C[C@H]1C(c2ccccc2)=CCC(c2cc(-n3c4ccccc4c4cc5ccccc5cc43)cc3oc4ccccc4c23)=NC1c1cccc2c1oc1ccccc12. The predicted molar refractivity (Wildman–Crippen MR) is 237 cm³/mol. The summed E-state index contributed by atoms with van der Waals surface area (Å²) in [5, 5.41) is 9.31. The Kier molecular flexibility index (Phi) is 7.00. The van der Waals surface area contributed by atoms with Crippen LogP contribution in [0.25, 0.3) is 87.7 Å². The highest BCUT2D eigenvalue weighted by Crippen LogP contribution is 2.45. The average Bonchev–Trinajstić information content (AvgIpc) is 3.89. The van der Waals surface area contributed by atoms with Crippen molar-refractivity contribution in [2.45, 2.75) is 19.4 Å². The molecule has 0 aliphatic carbocycles. The lowest BCUT2D eigenvalue weighted by atomic mass is 9.84. The van der Waals surface area contributed by atoms with Gasteiger partial charge in [-0.3, -0.25) is 4.99 Å². The topological polar surface area (TPSA) is 43.6 Å². The van der Waals surface area contributed by atoms with Crippen molar-refractivity contribution in [1.82, 2.24) is 4.57 Å². The fourth-order valence-corrected chi connectivity index (χ4v) is 9.56. The predicted octanol–water partition coefficient (Wildman–Crippen LogP) is 14.4. The standard InChI is InChI=1S/C53H36N2O2/c1-32-37(33-14-3-2-4-15-33)26-27-45(54-52(32)42-22-13-21-40-39-19-8-11-24-48(39)57-53(40)42)44-30-36(31-50-51(44)41-20-9-12-25-49(41)56-50)55-46-23-10-7-18-38(46)43-28-34-16-5-6-17-35(34)29-47(43)55/h2-26,28-32,52H,27H2,1H3/t32-,52?/m0/s1. The maximum absolute atomic E-state index is 6.76. The summed E-state index contributed by atoms with van der Waals surface area (Å²) in [6.45, 7) is 2.32. The summed E-state index contributed by atoms with van der Waals surface area (Å²) in [6, 6.07) is 60.4. The first-order valence-electron chi connectivity index (χ1n) is 19.8. The Labute approximate surface area is 328 Å². The average molecular weight is 733 g/mol. The van der Waals surface area contributed by atoms with E-state index in [2.05, 4.69) is 175 Å². The van der Waals surface area contributed by atoms with Crippen molar-refractivity contribution < 1.29 is 8.83 Å². The molecule has 270 valence electrons. The van der Waals surface area contributed by atoms with E-state index in [-0.39, 0.29) is 12.0 Å². The number of aromatic nitrogens is 1. The molecule has 0 fully saturated rings. The highest BCUT2D eigenvalue weighted by Gasteiger charge is 2.30. The van der Waals surface area contributed by atoms with Gasteiger partial charge in [-0.2, -0.15) is 0 Å². The van der Waals surface area contributed by atoms with Crippen LogP contribution in [-0.4, -0.2) is 10.3 Å². The van der Waals surface area contributed by atoms with Gasteiger partial charge in [-0.15, -0.1) is 0 Å². The normalized spacial score (nSPS) is 16.3. The number of hydrogen-bond donors (Lipinski definition) is 0. The second-order valence-corrected chi connectivity index (χ2v) is 15.4. The quantitative estimate of drug-likeness (QED) is 0.181. The van der Waals surface area contributed by atoms with Gasteiger partial charge in [0.1, 0.15) is 22.3 Å². The van der Waals surface area contributed by atoms with E-state index >= 15 is 0 Å². The third-order valence-corrected chi connectivity index (χ3v) is 12.2. The molecule has 1 unspecified atom stereocenters. The van der Waals surface area contributed by atoms with E-state index in [1.165, 1.54) is 32.7 Å². The minimum atomic E-state index is -0.213. The van der Waals surface area contributed by atoms with Gasteiger partial charge in [0.2, 0.25) is 0 Å². The summed E-state index contributed by atoms with van der Waals surface area (Å²) in [5.41, 5.74) is 12.6. The summed E-state index contributed by atoms with van der Waals surface area (Å²) in [5.74, 6) is 0.0640. The number of furan rings is 2. The van der Waals surface area contributed by atoms with Gasteiger partial charge in [0.15, 0.2) is 0 Å². The highest BCUT2D eigenvalue weighted by atomic mass is 16.3. The van der Waals surface area contributed by atoms with Crippen LogP contribution in [0.5, 0.6) is 0 Å². The molecule has 0 bridgehead atoms. The minimum absolute atomic E-state index is 0.0640. The molecule has 0 saturated heterocycles. The van der Waals surface area contributed by atoms with Crippen molar-refractivity contribution in [3.8, 4) is 5.69 Å². The van der Waals surface area contributed by atoms with E-state index in [4.69, 9.17) is 13.8 Å². The van der Waals surface area contributed by atoms with Crippen molar-refractivity contribution in [1.29, 1.82) is 0 Å². The number of hydrogen-bond acceptors (Lipinski definition) is 3. The molecule has 1 aliphatic heterocycles. The number of para-hydroxylation sites is 4. The van der Waals surface area contributed by atoms with Crippen LogP contribution in [0.15, 0.2) is 190 Å². The van der Waals surface area contributed by atoms with E-state index in [9.17, 15) is 0 Å². The second kappa shape index (κ2) is 12.4. The van der Waals surface area contributed by atoms with Gasteiger partial charge >= 0.3 is 0 Å². The molecule has 4 heteroatoms. The van der Waals surface area contributed by atoms with Crippen LogP contribution >= 0.6 is 0 Å². The number of allylic oxidation sites excluding steroid dienone is 1. The molecule has 0 amide bonds. The molecule has 8 aromatic carbocycles. The summed E-state index contributed by atoms with van der Waals surface area (Å²) >= 11 is 0. The zero-order valence-corrected chi connectivity index (χ0v) is 31.3. The van der Waals surface area contributed by atoms with E-state index in [1.807, 2.05) is 12.1 Å². The zero-order chi connectivity index (χ0) is 37.6. The molecule has 3 aromatic heterocycles. The summed E-state index contributed by atoms with van der Waals surface area (Å²) in [7, 11) is 0. The maximum Gasteiger partial charge on any atom is 0.140 e. The molecule has 12 rings (SSSR count). The monoisotopic (exact) mass is 732 g/mol. The lowest BCUT2D eigenvalue weighted by Crippen LogP contribution is -2.11. The molecule has 0 radical (unpaired) electrons. The Bertz CT molecular complexity index is 3470. The van der Waals surface area contributed by atoms with E-state index in [1.54, 1.807) is 0 Å². The van der Waals surface area contributed by atoms with Crippen molar-refractivity contribution in [2.75, 3.05) is 0 Å². The highest BCUT2D eigenvalue weighted by molar-refractivity contribution is 6.21. The molecule has 0 saturated carbocycles. The van der Waals surface area contributed by atoms with Gasteiger partial charge in [-0.25, -0.2) is 0 Å². The van der Waals surface area contributed by atoms with Crippen LogP contribution in [0.4, 0.5) is 0 Å². The van der Waals surface area contributed by atoms with Crippen LogP contribution in [0, 0.1) is 5.92 Å². The van der Waals surface area contributed by atoms with Gasteiger partial charge in [0.05, 0.1) is 22.8 Å². The third kappa shape index (κ3) is 4.90. The minimum Gasteiger partial charge on any atom is -0.456 e. The molecular weight excluding hydrogens is 697 g/mol. The first-order chi connectivity index (χ1) is 28.2. The zero-order valence-electron chi connectivity index (χ0n) is 31.3. The number of nitrogens with zero attached hydrogens (tertiary/aromatic N) is 2. The van der Waals surface area contributed by atoms with E-state index in [0.717, 1.165) is 77.4 Å². The Balaban J connectivity index is 1.16. The Morgan fingerprint density at radius 1 is 0.544 bits per heavy atom.